The normalized spacial score (nSPS) is 18.2. The van der Waals surface area contributed by atoms with Crippen LogP contribution in [0, 0.1) is 0 Å². The van der Waals surface area contributed by atoms with Crippen molar-refractivity contribution in [3.8, 4) is 11.5 Å². The van der Waals surface area contributed by atoms with Crippen LogP contribution in [0.4, 0.5) is 0 Å². The second kappa shape index (κ2) is 9.51. The van der Waals surface area contributed by atoms with Gasteiger partial charge in [0.1, 0.15) is 19.4 Å². The average molecular weight is 462 g/mol. The monoisotopic (exact) mass is 462 g/mol. The summed E-state index contributed by atoms with van der Waals surface area (Å²) in [6.07, 6.45) is 2.23. The second-order valence-electron chi connectivity index (χ2n) is 7.00. The van der Waals surface area contributed by atoms with Crippen LogP contribution in [-0.4, -0.2) is 68.7 Å². The summed E-state index contributed by atoms with van der Waals surface area (Å²) in [5, 5.41) is 4.90. The van der Waals surface area contributed by atoms with Crippen LogP contribution >= 0.6 is 0 Å². The number of nitrogens with zero attached hydrogens (tertiary/aromatic N) is 2. The number of nitrogens with one attached hydrogen (secondary N) is 2. The molecular weight excluding hydrogens is 440 g/mol. The molecule has 0 spiro atoms. The Labute approximate surface area is 184 Å². The molecule has 2 aromatic rings. The Hall–Kier alpha value is -3.22. The Bertz CT molecular complexity index is 1090. The molecule has 0 aliphatic carbocycles. The van der Waals surface area contributed by atoms with Gasteiger partial charge in [0.05, 0.1) is 18.0 Å². The summed E-state index contributed by atoms with van der Waals surface area (Å²) >= 11 is 0. The van der Waals surface area contributed by atoms with Crippen molar-refractivity contribution in [1.82, 2.24) is 19.9 Å². The van der Waals surface area contributed by atoms with Gasteiger partial charge >= 0.3 is 11.8 Å². The van der Waals surface area contributed by atoms with E-state index < -0.39 is 28.1 Å². The molecule has 0 unspecified atom stereocenters. The lowest BCUT2D eigenvalue weighted by molar-refractivity contribution is -0.139. The lowest BCUT2D eigenvalue weighted by Crippen LogP contribution is -2.47. The molecule has 1 fully saturated rings. The molecule has 170 valence electrons. The zero-order valence-corrected chi connectivity index (χ0v) is 17.8. The van der Waals surface area contributed by atoms with Gasteiger partial charge in [-0.1, -0.05) is 6.07 Å². The molecule has 4 rings (SSSR count). The van der Waals surface area contributed by atoms with Crippen LogP contribution in [0.3, 0.4) is 0 Å². The lowest BCUT2D eigenvalue weighted by atomic mass is 10.3. The van der Waals surface area contributed by atoms with Gasteiger partial charge in [-0.15, -0.1) is 0 Å². The fourth-order valence-electron chi connectivity index (χ4n) is 3.29. The molecule has 0 bridgehead atoms. The third-order valence-corrected chi connectivity index (χ3v) is 6.77. The summed E-state index contributed by atoms with van der Waals surface area (Å²) < 4.78 is 43.8. The molecule has 2 amide bonds. The quantitative estimate of drug-likeness (QED) is 0.555. The van der Waals surface area contributed by atoms with Crippen LogP contribution in [0.1, 0.15) is 5.56 Å². The molecule has 1 aromatic carbocycles. The number of sulfonamides is 1. The van der Waals surface area contributed by atoms with Crippen molar-refractivity contribution >= 4 is 21.8 Å². The van der Waals surface area contributed by atoms with Crippen LogP contribution in [0.15, 0.2) is 47.6 Å². The first kappa shape index (κ1) is 22.0. The number of fused-ring (bicyclic) bond motifs is 1. The Morgan fingerprint density at radius 2 is 1.84 bits per heavy atom. The van der Waals surface area contributed by atoms with Crippen molar-refractivity contribution < 1.29 is 32.2 Å². The van der Waals surface area contributed by atoms with E-state index in [1.54, 1.807) is 30.6 Å². The van der Waals surface area contributed by atoms with Crippen LogP contribution in [0.2, 0.25) is 0 Å². The van der Waals surface area contributed by atoms with E-state index in [4.69, 9.17) is 14.2 Å². The van der Waals surface area contributed by atoms with Gasteiger partial charge in [-0.25, -0.2) is 8.42 Å². The summed E-state index contributed by atoms with van der Waals surface area (Å²) in [4.78, 5) is 28.1. The van der Waals surface area contributed by atoms with E-state index in [1.807, 2.05) is 0 Å². The fourth-order valence-corrected chi connectivity index (χ4v) is 4.81. The van der Waals surface area contributed by atoms with Crippen molar-refractivity contribution in [3.05, 3.63) is 48.3 Å². The van der Waals surface area contributed by atoms with E-state index in [1.165, 1.54) is 12.1 Å². The van der Waals surface area contributed by atoms with E-state index in [0.717, 1.165) is 9.87 Å². The first-order valence-corrected chi connectivity index (χ1v) is 11.4. The Balaban J connectivity index is 1.36. The SMILES string of the molecule is O=C(NCc1cccnc1)C(=O)NC[C@@H]1OCCN1S(=O)(=O)c1ccc2c(c1)OCCO2. The number of aromatic nitrogens is 1. The third-order valence-electron chi connectivity index (χ3n) is 4.88. The number of ether oxygens (including phenoxy) is 3. The molecule has 32 heavy (non-hydrogen) atoms. The molecule has 1 aromatic heterocycles. The minimum atomic E-state index is -3.92. The first-order valence-electron chi connectivity index (χ1n) is 9.93. The van der Waals surface area contributed by atoms with Crippen molar-refractivity contribution in [2.45, 2.75) is 17.7 Å². The molecule has 12 heteroatoms. The number of hydrogen-bond acceptors (Lipinski definition) is 8. The predicted octanol–water partition coefficient (Wildman–Crippen LogP) is -0.368. The largest absolute Gasteiger partial charge is 0.486 e. The van der Waals surface area contributed by atoms with Gasteiger partial charge in [-0.3, -0.25) is 14.6 Å². The number of carbonyl (C=O) groups excluding carboxylic acids is 2. The predicted molar refractivity (Wildman–Crippen MR) is 110 cm³/mol. The standard InChI is InChI=1S/C20H22N4O7S/c25-19(22-12-14-2-1-5-21-11-14)20(26)23-13-18-24(6-7-31-18)32(27,28)15-3-4-16-17(10-15)30-9-8-29-16/h1-5,10-11,18H,6-9,12-13H2,(H,22,25)(H,23,26)/t18-/m0/s1. The van der Waals surface area contributed by atoms with Gasteiger partial charge in [0.2, 0.25) is 10.0 Å². The zero-order chi connectivity index (χ0) is 22.6. The van der Waals surface area contributed by atoms with Gasteiger partial charge in [0, 0.05) is 31.5 Å². The maximum absolute atomic E-state index is 13.1. The van der Waals surface area contributed by atoms with E-state index in [2.05, 4.69) is 15.6 Å². The van der Waals surface area contributed by atoms with E-state index in [9.17, 15) is 18.0 Å². The summed E-state index contributed by atoms with van der Waals surface area (Å²) in [7, 11) is -3.92. The number of rotatable bonds is 6. The Morgan fingerprint density at radius 3 is 2.62 bits per heavy atom. The molecule has 0 saturated carbocycles. The van der Waals surface area contributed by atoms with Crippen LogP contribution in [0.5, 0.6) is 11.5 Å². The molecular formula is C20H22N4O7S. The molecule has 3 heterocycles. The highest BCUT2D eigenvalue weighted by molar-refractivity contribution is 7.89. The van der Waals surface area contributed by atoms with Gasteiger partial charge in [-0.05, 0) is 23.8 Å². The van der Waals surface area contributed by atoms with Crippen LogP contribution < -0.4 is 20.1 Å². The van der Waals surface area contributed by atoms with E-state index in [-0.39, 0.29) is 31.1 Å². The maximum Gasteiger partial charge on any atom is 0.309 e. The van der Waals surface area contributed by atoms with Crippen molar-refractivity contribution in [2.24, 2.45) is 0 Å². The topological polar surface area (TPSA) is 136 Å². The highest BCUT2D eigenvalue weighted by Crippen LogP contribution is 2.34. The van der Waals surface area contributed by atoms with Gasteiger partial charge in [0.15, 0.2) is 11.5 Å². The van der Waals surface area contributed by atoms with Crippen molar-refractivity contribution in [2.75, 3.05) is 32.9 Å². The van der Waals surface area contributed by atoms with E-state index >= 15 is 0 Å². The summed E-state index contributed by atoms with van der Waals surface area (Å²) in [5.74, 6) is -0.893. The third kappa shape index (κ3) is 4.82. The Morgan fingerprint density at radius 1 is 1.06 bits per heavy atom. The number of amides is 2. The first-order chi connectivity index (χ1) is 15.4. The molecule has 1 atom stereocenters. The minimum Gasteiger partial charge on any atom is -0.486 e. The van der Waals surface area contributed by atoms with Crippen LogP contribution in [0.25, 0.3) is 0 Å². The molecule has 2 aliphatic heterocycles. The highest BCUT2D eigenvalue weighted by Gasteiger charge is 2.37. The Kier molecular flexibility index (Phi) is 6.53. The van der Waals surface area contributed by atoms with Crippen molar-refractivity contribution in [3.63, 3.8) is 0 Å². The molecule has 0 radical (unpaired) electrons. The lowest BCUT2D eigenvalue weighted by Gasteiger charge is -2.24. The summed E-state index contributed by atoms with van der Waals surface area (Å²) in [5.41, 5.74) is 0.740. The minimum absolute atomic E-state index is 0.0257. The van der Waals surface area contributed by atoms with Gasteiger partial charge < -0.3 is 24.8 Å². The van der Waals surface area contributed by atoms with Crippen molar-refractivity contribution in [1.29, 1.82) is 0 Å². The number of hydrogen-bond donors (Lipinski definition) is 2. The van der Waals surface area contributed by atoms with E-state index in [0.29, 0.717) is 24.7 Å². The maximum atomic E-state index is 13.1. The summed E-state index contributed by atoms with van der Waals surface area (Å²) in [6, 6.07) is 7.86. The molecule has 1 saturated heterocycles. The molecule has 2 aliphatic rings. The number of benzene rings is 1. The smallest absolute Gasteiger partial charge is 0.309 e. The van der Waals surface area contributed by atoms with Gasteiger partial charge in [-0.2, -0.15) is 4.31 Å². The highest BCUT2D eigenvalue weighted by atomic mass is 32.2. The number of pyridine rings is 1. The fraction of sp³-hybridized carbons (Fsp3) is 0.350. The molecule has 2 N–H and O–H groups in total. The molecule has 11 nitrogen and oxygen atoms in total. The summed E-state index contributed by atoms with van der Waals surface area (Å²) in [6.45, 7) is 0.979. The second-order valence-corrected chi connectivity index (χ2v) is 8.89. The zero-order valence-electron chi connectivity index (χ0n) is 17.0. The van der Waals surface area contributed by atoms with Gasteiger partial charge in [0.25, 0.3) is 0 Å². The van der Waals surface area contributed by atoms with Crippen LogP contribution in [-0.2, 0) is 30.9 Å². The number of carbonyl (C=O) groups is 2. The average Bonchev–Trinajstić information content (AvgIpc) is 3.31.